The van der Waals surface area contributed by atoms with Crippen LogP contribution in [0.15, 0.2) is 60.7 Å². The summed E-state index contributed by atoms with van der Waals surface area (Å²) in [6.07, 6.45) is 0. The van der Waals surface area contributed by atoms with Gasteiger partial charge in [0.25, 0.3) is 0 Å². The van der Waals surface area contributed by atoms with Gasteiger partial charge < -0.3 is 0 Å². The Kier molecular flexibility index (Phi) is 4.45. The Bertz CT molecular complexity index is 544. The molecule has 2 aromatic rings. The molecule has 2 aromatic carbocycles. The Morgan fingerprint density at radius 3 is 1.32 bits per heavy atom. The van der Waals surface area contributed by atoms with Crippen LogP contribution in [0.25, 0.3) is 0 Å². The number of benzene rings is 2. The predicted molar refractivity (Wildman–Crippen MR) is 79.0 cm³/mol. The second-order valence-electron chi connectivity index (χ2n) is 3.96. The van der Waals surface area contributed by atoms with Crippen molar-refractivity contribution < 1.29 is 9.59 Å². The van der Waals surface area contributed by atoms with E-state index in [1.807, 2.05) is 0 Å². The van der Waals surface area contributed by atoms with E-state index in [1.165, 1.54) is 0 Å². The van der Waals surface area contributed by atoms with Crippen LogP contribution in [0, 0.1) is 0 Å². The van der Waals surface area contributed by atoms with Crippen LogP contribution in [0.1, 0.15) is 20.7 Å². The zero-order chi connectivity index (χ0) is 13.9. The molecule has 0 heterocycles. The molecular weight excluding hydrogens is 344 g/mol. The average molecular weight is 354 g/mol. The van der Waals surface area contributed by atoms with Crippen molar-refractivity contribution >= 4 is 40.7 Å². The summed E-state index contributed by atoms with van der Waals surface area (Å²) in [6.45, 7) is 0. The van der Waals surface area contributed by atoms with Crippen LogP contribution in [0.4, 0.5) is 0 Å². The van der Waals surface area contributed by atoms with E-state index in [0.717, 1.165) is 0 Å². The second kappa shape index (κ2) is 5.91. The first-order valence-corrected chi connectivity index (χ1v) is 13.2. The third-order valence-corrected chi connectivity index (χ3v) is 9.81. The number of rotatable bonds is 4. The van der Waals surface area contributed by atoms with E-state index in [1.54, 1.807) is 60.7 Å². The Balaban J connectivity index is 2.33. The molecule has 0 atom stereocenters. The number of hydrogen-bond acceptors (Lipinski definition) is 2. The van der Waals surface area contributed by atoms with Crippen LogP contribution in [-0.4, -0.2) is 20.6 Å². The van der Waals surface area contributed by atoms with Gasteiger partial charge in [0.15, 0.2) is 0 Å². The Morgan fingerprint density at radius 2 is 1.00 bits per heavy atom. The predicted octanol–water partition coefficient (Wildman–Crippen LogP) is 3.75. The van der Waals surface area contributed by atoms with E-state index in [2.05, 4.69) is 0 Å². The van der Waals surface area contributed by atoms with Crippen molar-refractivity contribution in [3.63, 3.8) is 0 Å². The molecule has 5 heteroatoms. The molecule has 19 heavy (non-hydrogen) atoms. The summed E-state index contributed by atoms with van der Waals surface area (Å²) in [5.74, 6) is 0. The van der Waals surface area contributed by atoms with Crippen LogP contribution < -0.4 is 0 Å². The number of carbonyl (C=O) groups is 2. The standard InChI is InChI=1S/C14H10Cl2GeO2/c15-17(16,13(18)11-7-3-1-4-8-11)14(19)12-9-5-2-6-10-12/h1-10H. The van der Waals surface area contributed by atoms with Gasteiger partial charge in [0.2, 0.25) is 0 Å². The normalized spacial score (nSPS) is 11.1. The fourth-order valence-corrected chi connectivity index (χ4v) is 6.57. The molecule has 0 radical (unpaired) electrons. The van der Waals surface area contributed by atoms with Crippen molar-refractivity contribution in [2.24, 2.45) is 0 Å². The van der Waals surface area contributed by atoms with Crippen molar-refractivity contribution in [3.8, 4) is 0 Å². The van der Waals surface area contributed by atoms with E-state index in [0.29, 0.717) is 11.1 Å². The molecule has 2 rings (SSSR count). The van der Waals surface area contributed by atoms with Gasteiger partial charge in [-0.05, 0) is 0 Å². The first-order valence-electron chi connectivity index (χ1n) is 5.61. The zero-order valence-corrected chi connectivity index (χ0v) is 13.5. The summed E-state index contributed by atoms with van der Waals surface area (Å²) in [5, 5.41) is 0. The van der Waals surface area contributed by atoms with Crippen LogP contribution >= 0.6 is 20.0 Å². The number of carbonyl (C=O) groups excluding carboxylic acids is 2. The average Bonchev–Trinajstić information content (AvgIpc) is 2.47. The van der Waals surface area contributed by atoms with Crippen molar-refractivity contribution in [1.29, 1.82) is 0 Å². The minimum atomic E-state index is -4.29. The van der Waals surface area contributed by atoms with E-state index >= 15 is 0 Å². The molecule has 2 nitrogen and oxygen atoms in total. The van der Waals surface area contributed by atoms with Crippen molar-refractivity contribution in [2.45, 2.75) is 0 Å². The summed E-state index contributed by atoms with van der Waals surface area (Å²) >= 11 is -4.29. The van der Waals surface area contributed by atoms with Crippen LogP contribution in [0.5, 0.6) is 0 Å². The molecule has 0 unspecified atom stereocenters. The summed E-state index contributed by atoms with van der Waals surface area (Å²) < 4.78 is -0.865. The third-order valence-electron chi connectivity index (χ3n) is 2.64. The first kappa shape index (κ1) is 14.3. The van der Waals surface area contributed by atoms with Crippen molar-refractivity contribution in [2.75, 3.05) is 0 Å². The van der Waals surface area contributed by atoms with E-state index in [-0.39, 0.29) is 0 Å². The quantitative estimate of drug-likeness (QED) is 0.784. The van der Waals surface area contributed by atoms with Gasteiger partial charge in [-0.15, -0.1) is 0 Å². The fraction of sp³-hybridized carbons (Fsp3) is 0. The van der Waals surface area contributed by atoms with Crippen molar-refractivity contribution in [3.05, 3.63) is 71.8 Å². The van der Waals surface area contributed by atoms with Gasteiger partial charge in [0, 0.05) is 0 Å². The van der Waals surface area contributed by atoms with Crippen LogP contribution in [0.2, 0.25) is 0 Å². The van der Waals surface area contributed by atoms with E-state index in [9.17, 15) is 9.59 Å². The molecule has 0 fully saturated rings. The third kappa shape index (κ3) is 3.08. The molecule has 0 aromatic heterocycles. The van der Waals surface area contributed by atoms with Crippen LogP contribution in [-0.2, 0) is 0 Å². The number of halogens is 2. The van der Waals surface area contributed by atoms with Crippen molar-refractivity contribution in [1.82, 2.24) is 0 Å². The molecule has 96 valence electrons. The summed E-state index contributed by atoms with van der Waals surface area (Å²) in [5.41, 5.74) is 0.772. The Hall–Kier alpha value is -1.10. The molecule has 0 aliphatic carbocycles. The summed E-state index contributed by atoms with van der Waals surface area (Å²) in [6, 6.07) is 16.9. The van der Waals surface area contributed by atoms with Gasteiger partial charge in [0.05, 0.1) is 0 Å². The van der Waals surface area contributed by atoms with E-state index in [4.69, 9.17) is 20.0 Å². The van der Waals surface area contributed by atoms with E-state index < -0.39 is 20.6 Å². The topological polar surface area (TPSA) is 34.1 Å². The molecule has 0 amide bonds. The fourth-order valence-electron chi connectivity index (χ4n) is 1.64. The molecular formula is C14H10Cl2GeO2. The van der Waals surface area contributed by atoms with Gasteiger partial charge in [-0.25, -0.2) is 0 Å². The van der Waals surface area contributed by atoms with Gasteiger partial charge in [-0.2, -0.15) is 0 Å². The van der Waals surface area contributed by atoms with Gasteiger partial charge >= 0.3 is 122 Å². The maximum absolute atomic E-state index is 12.3. The molecule has 0 N–H and O–H groups in total. The monoisotopic (exact) mass is 354 g/mol. The van der Waals surface area contributed by atoms with Crippen LogP contribution in [0.3, 0.4) is 0 Å². The molecule has 0 aliphatic rings. The maximum atomic E-state index is 12.3. The summed E-state index contributed by atoms with van der Waals surface area (Å²) in [4.78, 5) is 24.6. The first-order chi connectivity index (χ1) is 9.03. The second-order valence-corrected chi connectivity index (χ2v) is 15.2. The molecule has 0 saturated carbocycles. The molecule has 0 saturated heterocycles. The number of hydrogen-bond donors (Lipinski definition) is 0. The minimum absolute atomic E-state index is 0.386. The van der Waals surface area contributed by atoms with Gasteiger partial charge in [-0.3, -0.25) is 0 Å². The SMILES string of the molecule is O=[C](c1ccccc1)[Ge]([Cl])([Cl])[C](=O)c1ccccc1. The zero-order valence-electron chi connectivity index (χ0n) is 9.85. The molecule has 0 bridgehead atoms. The Labute approximate surface area is 122 Å². The van der Waals surface area contributed by atoms with Gasteiger partial charge in [0.1, 0.15) is 0 Å². The molecule has 0 spiro atoms. The Morgan fingerprint density at radius 1 is 0.684 bits per heavy atom. The van der Waals surface area contributed by atoms with Gasteiger partial charge in [-0.1, -0.05) is 0 Å². The summed E-state index contributed by atoms with van der Waals surface area (Å²) in [7, 11) is 12.3. The molecule has 0 aliphatic heterocycles.